The maximum Gasteiger partial charge on any atom is 0.0496 e. The van der Waals surface area contributed by atoms with E-state index in [1.54, 1.807) is 0 Å². The van der Waals surface area contributed by atoms with Gasteiger partial charge in [-0.3, -0.25) is 5.43 Å². The van der Waals surface area contributed by atoms with Crippen LogP contribution in [-0.2, 0) is 0 Å². The van der Waals surface area contributed by atoms with Crippen LogP contribution in [0.3, 0.4) is 0 Å². The van der Waals surface area contributed by atoms with Gasteiger partial charge in [0.2, 0.25) is 0 Å². The van der Waals surface area contributed by atoms with Gasteiger partial charge in [0.1, 0.15) is 0 Å². The molecule has 0 heterocycles. The molecular weight excluding hydrogens is 106 g/mol. The molecule has 0 rings (SSSR count). The summed E-state index contributed by atoms with van der Waals surface area (Å²) in [6.07, 6.45) is 1.87. The lowest BCUT2D eigenvalue weighted by Crippen LogP contribution is -2.08. The number of unbranched alkanes of at least 4 members (excludes halogenated alkanes) is 1. The highest BCUT2D eigenvalue weighted by Crippen LogP contribution is 1.80. The Bertz CT molecular complexity index is 57.2. The minimum absolute atomic E-state index is 0.640. The highest BCUT2D eigenvalue weighted by molar-refractivity contribution is 4.42. The topological polar surface area (TPSA) is 67.5 Å². The number of nitrogens with zero attached hydrogens (tertiary/aromatic N) is 1. The van der Waals surface area contributed by atoms with E-state index >= 15 is 0 Å². The molecule has 0 aromatic heterocycles. The summed E-state index contributed by atoms with van der Waals surface area (Å²) in [4.78, 5) is 9.38. The summed E-state index contributed by atoms with van der Waals surface area (Å²) >= 11 is 0. The van der Waals surface area contributed by atoms with E-state index in [0.717, 1.165) is 12.8 Å². The summed E-state index contributed by atoms with van der Waals surface area (Å²) in [5, 5.41) is 2.47. The van der Waals surface area contributed by atoms with Gasteiger partial charge in [0.15, 0.2) is 0 Å². The molecule has 0 aromatic carbocycles. The molecule has 4 heteroatoms. The molecule has 3 N–H and O–H groups in total. The average Bonchev–Trinajstić information content (AvgIpc) is 1.81. The summed E-state index contributed by atoms with van der Waals surface area (Å²) in [6.45, 7) is 1.32. The first-order valence-corrected chi connectivity index (χ1v) is 2.67. The monoisotopic (exact) mass is 117 g/mol. The smallest absolute Gasteiger partial charge is 0.0496 e. The fourth-order valence-electron chi connectivity index (χ4n) is 0.394. The van der Waals surface area contributed by atoms with Crippen molar-refractivity contribution in [3.05, 3.63) is 4.91 Å². The molecule has 0 spiro atoms. The minimum atomic E-state index is 0.640. The van der Waals surface area contributed by atoms with Gasteiger partial charge in [0, 0.05) is 11.8 Å². The first-order valence-electron chi connectivity index (χ1n) is 2.67. The van der Waals surface area contributed by atoms with Crippen LogP contribution in [0, 0.1) is 4.91 Å². The van der Waals surface area contributed by atoms with Crippen LogP contribution in [0.4, 0.5) is 0 Å². The summed E-state index contributed by atoms with van der Waals surface area (Å²) in [5.74, 6) is 0. The van der Waals surface area contributed by atoms with Gasteiger partial charge in [-0.15, -0.1) is 4.91 Å². The molecule has 0 aliphatic heterocycles. The molecule has 0 amide bonds. The fourth-order valence-corrected chi connectivity index (χ4v) is 0.394. The molecule has 0 radical (unpaired) electrons. The van der Waals surface area contributed by atoms with Gasteiger partial charge in [-0.05, 0) is 19.4 Å². The normalized spacial score (nSPS) is 8.62. The van der Waals surface area contributed by atoms with Crippen molar-refractivity contribution in [2.24, 2.45) is 11.0 Å². The molecule has 4 nitrogen and oxygen atoms in total. The molecule has 0 unspecified atom stereocenters. The van der Waals surface area contributed by atoms with Crippen LogP contribution >= 0.6 is 0 Å². The molecule has 0 saturated heterocycles. The van der Waals surface area contributed by atoms with Crippen molar-refractivity contribution in [3.63, 3.8) is 0 Å². The SMILES string of the molecule is NCCCCNN=O. The third kappa shape index (κ3) is 5.36. The van der Waals surface area contributed by atoms with Crippen LogP contribution in [0.2, 0.25) is 0 Å². The molecule has 0 aromatic rings. The lowest BCUT2D eigenvalue weighted by molar-refractivity contribution is 0.649. The number of nitroso groups, excluding NO2 is 1. The van der Waals surface area contributed by atoms with Crippen LogP contribution in [0.15, 0.2) is 5.29 Å². The van der Waals surface area contributed by atoms with Crippen molar-refractivity contribution in [1.29, 1.82) is 0 Å². The van der Waals surface area contributed by atoms with Crippen molar-refractivity contribution in [1.82, 2.24) is 5.43 Å². The second-order valence-electron chi connectivity index (χ2n) is 1.50. The number of nitrogens with two attached hydrogens (primary N) is 1. The molecule has 0 bridgehead atoms. The largest absolute Gasteiger partial charge is 0.330 e. The predicted molar refractivity (Wildman–Crippen MR) is 32.1 cm³/mol. The molecule has 0 fully saturated rings. The molecule has 0 atom stereocenters. The Morgan fingerprint density at radius 3 is 2.75 bits per heavy atom. The zero-order valence-electron chi connectivity index (χ0n) is 4.76. The van der Waals surface area contributed by atoms with E-state index in [2.05, 4.69) is 10.7 Å². The lowest BCUT2D eigenvalue weighted by atomic mass is 10.3. The third-order valence-corrected chi connectivity index (χ3v) is 0.807. The van der Waals surface area contributed by atoms with Crippen molar-refractivity contribution >= 4 is 0 Å². The van der Waals surface area contributed by atoms with Gasteiger partial charge < -0.3 is 5.73 Å². The van der Waals surface area contributed by atoms with Gasteiger partial charge in [-0.25, -0.2) is 0 Å². The zero-order chi connectivity index (χ0) is 6.24. The number of nitrogens with one attached hydrogen (secondary N) is 1. The number of rotatable bonds is 5. The first kappa shape index (κ1) is 7.36. The van der Waals surface area contributed by atoms with E-state index < -0.39 is 0 Å². The van der Waals surface area contributed by atoms with E-state index in [9.17, 15) is 4.91 Å². The van der Waals surface area contributed by atoms with Gasteiger partial charge in [-0.1, -0.05) is 0 Å². The van der Waals surface area contributed by atoms with E-state index in [1.165, 1.54) is 0 Å². The van der Waals surface area contributed by atoms with E-state index in [0.29, 0.717) is 13.1 Å². The van der Waals surface area contributed by atoms with Crippen molar-refractivity contribution in [3.8, 4) is 0 Å². The standard InChI is InChI=1S/C4H11N3O/c5-3-1-2-4-6-7-8/h1-5H2,(H,6,8). The highest BCUT2D eigenvalue weighted by Gasteiger charge is 1.81. The Balaban J connectivity index is 2.62. The van der Waals surface area contributed by atoms with Gasteiger partial charge in [0.05, 0.1) is 0 Å². The van der Waals surface area contributed by atoms with Crippen LogP contribution in [0.1, 0.15) is 12.8 Å². The average molecular weight is 117 g/mol. The van der Waals surface area contributed by atoms with Crippen molar-refractivity contribution in [2.75, 3.05) is 13.1 Å². The molecule has 0 aliphatic rings. The van der Waals surface area contributed by atoms with Gasteiger partial charge in [0.25, 0.3) is 0 Å². The maximum absolute atomic E-state index is 9.38. The zero-order valence-corrected chi connectivity index (χ0v) is 4.76. The summed E-state index contributed by atoms with van der Waals surface area (Å²) in [6, 6.07) is 0. The first-order chi connectivity index (χ1) is 3.91. The third-order valence-electron chi connectivity index (χ3n) is 0.807. The van der Waals surface area contributed by atoms with Gasteiger partial charge in [-0.2, -0.15) is 0 Å². The lowest BCUT2D eigenvalue weighted by Gasteiger charge is -1.92. The Kier molecular flexibility index (Phi) is 5.85. The van der Waals surface area contributed by atoms with Crippen LogP contribution < -0.4 is 11.2 Å². The Labute approximate surface area is 48.4 Å². The van der Waals surface area contributed by atoms with Crippen LogP contribution in [0.25, 0.3) is 0 Å². The molecule has 0 aliphatic carbocycles. The van der Waals surface area contributed by atoms with E-state index in [4.69, 9.17) is 5.73 Å². The highest BCUT2D eigenvalue weighted by atomic mass is 16.3. The molecule has 48 valence electrons. The molecule has 0 saturated carbocycles. The fraction of sp³-hybridized carbons (Fsp3) is 1.00. The summed E-state index contributed by atoms with van der Waals surface area (Å²) < 4.78 is 0. The van der Waals surface area contributed by atoms with E-state index in [1.807, 2.05) is 0 Å². The second kappa shape index (κ2) is 6.36. The predicted octanol–water partition coefficient (Wildman–Crippen LogP) is -0.00370. The minimum Gasteiger partial charge on any atom is -0.330 e. The Morgan fingerprint density at radius 1 is 1.50 bits per heavy atom. The Hall–Kier alpha value is -0.640. The van der Waals surface area contributed by atoms with Crippen molar-refractivity contribution < 1.29 is 0 Å². The summed E-state index contributed by atoms with van der Waals surface area (Å²) in [5.41, 5.74) is 7.47. The van der Waals surface area contributed by atoms with Crippen molar-refractivity contribution in [2.45, 2.75) is 12.8 Å². The quantitative estimate of drug-likeness (QED) is 0.302. The Morgan fingerprint density at radius 2 is 2.25 bits per heavy atom. The number of hydrogen-bond donors (Lipinski definition) is 2. The van der Waals surface area contributed by atoms with Crippen LogP contribution in [-0.4, -0.2) is 13.1 Å². The molecule has 8 heavy (non-hydrogen) atoms. The second-order valence-corrected chi connectivity index (χ2v) is 1.50. The van der Waals surface area contributed by atoms with Gasteiger partial charge >= 0.3 is 0 Å². The van der Waals surface area contributed by atoms with E-state index in [-0.39, 0.29) is 0 Å². The number of hydrogen-bond acceptors (Lipinski definition) is 3. The summed E-state index contributed by atoms with van der Waals surface area (Å²) in [7, 11) is 0. The van der Waals surface area contributed by atoms with Crippen LogP contribution in [0.5, 0.6) is 0 Å². The maximum atomic E-state index is 9.38. The molecular formula is C4H11N3O.